The van der Waals surface area contributed by atoms with Gasteiger partial charge in [0.1, 0.15) is 5.60 Å². The lowest BCUT2D eigenvalue weighted by Crippen LogP contribution is -2.42. The summed E-state index contributed by atoms with van der Waals surface area (Å²) < 4.78 is 5.47. The summed E-state index contributed by atoms with van der Waals surface area (Å²) in [4.78, 5) is 14.0. The first kappa shape index (κ1) is 17.8. The lowest BCUT2D eigenvalue weighted by atomic mass is 9.82. The number of hydrogen-bond acceptors (Lipinski definition) is 2. The topological polar surface area (TPSA) is 29.5 Å². The van der Waals surface area contributed by atoms with E-state index in [0.717, 1.165) is 38.3 Å². The van der Waals surface area contributed by atoms with E-state index in [9.17, 15) is 4.79 Å². The number of amides is 1. The van der Waals surface area contributed by atoms with E-state index < -0.39 is 5.60 Å². The predicted octanol–water partition coefficient (Wildman–Crippen LogP) is 4.90. The molecule has 1 atom stereocenters. The summed E-state index contributed by atoms with van der Waals surface area (Å²) >= 11 is 0. The Balaban J connectivity index is 1.74. The lowest BCUT2D eigenvalue weighted by Gasteiger charge is -2.35. The van der Waals surface area contributed by atoms with Crippen molar-refractivity contribution in [3.05, 3.63) is 35.9 Å². The standard InChI is InChI=1S/C20H31NO2/c1-16(10-11-17-8-6-5-7-9-17)18-12-14-21(15-13-18)19(22)23-20(2,3)4/h5-9,16,18H,10-15H2,1-4H3. The van der Waals surface area contributed by atoms with E-state index in [2.05, 4.69) is 37.3 Å². The molecule has 3 nitrogen and oxygen atoms in total. The molecule has 0 saturated carbocycles. The van der Waals surface area contributed by atoms with E-state index in [1.165, 1.54) is 12.0 Å². The van der Waals surface area contributed by atoms with Crippen LogP contribution in [0.5, 0.6) is 0 Å². The Labute approximate surface area is 141 Å². The Morgan fingerprint density at radius 1 is 1.22 bits per heavy atom. The molecular formula is C20H31NO2. The van der Waals surface area contributed by atoms with E-state index in [4.69, 9.17) is 4.74 Å². The molecule has 0 spiro atoms. The number of piperidine rings is 1. The van der Waals surface area contributed by atoms with Crippen LogP contribution >= 0.6 is 0 Å². The quantitative estimate of drug-likeness (QED) is 0.790. The first-order valence-corrected chi connectivity index (χ1v) is 8.87. The minimum atomic E-state index is -0.406. The van der Waals surface area contributed by atoms with Crippen molar-refractivity contribution in [3.8, 4) is 0 Å². The van der Waals surface area contributed by atoms with Gasteiger partial charge in [-0.15, -0.1) is 0 Å². The maximum absolute atomic E-state index is 12.1. The highest BCUT2D eigenvalue weighted by Crippen LogP contribution is 2.28. The second-order valence-corrected chi connectivity index (χ2v) is 7.81. The zero-order chi connectivity index (χ0) is 16.9. The number of likely N-dealkylation sites (tertiary alicyclic amines) is 1. The molecular weight excluding hydrogens is 286 g/mol. The molecule has 1 unspecified atom stereocenters. The Hall–Kier alpha value is -1.51. The van der Waals surface area contributed by atoms with Crippen molar-refractivity contribution in [2.75, 3.05) is 13.1 Å². The van der Waals surface area contributed by atoms with Gasteiger partial charge in [0.05, 0.1) is 0 Å². The first-order chi connectivity index (χ1) is 10.8. The zero-order valence-corrected chi connectivity index (χ0v) is 15.0. The molecule has 23 heavy (non-hydrogen) atoms. The summed E-state index contributed by atoms with van der Waals surface area (Å²) in [6.07, 6.45) is 4.40. The molecule has 1 aromatic carbocycles. The number of carbonyl (C=O) groups is 1. The van der Waals surface area contributed by atoms with Crippen molar-refractivity contribution < 1.29 is 9.53 Å². The monoisotopic (exact) mass is 317 g/mol. The van der Waals surface area contributed by atoms with Gasteiger partial charge < -0.3 is 9.64 Å². The Morgan fingerprint density at radius 3 is 2.39 bits per heavy atom. The van der Waals surface area contributed by atoms with Gasteiger partial charge in [-0.25, -0.2) is 4.79 Å². The fraction of sp³-hybridized carbons (Fsp3) is 0.650. The minimum absolute atomic E-state index is 0.159. The number of carbonyl (C=O) groups excluding carboxylic acids is 1. The molecule has 1 fully saturated rings. The van der Waals surface area contributed by atoms with E-state index in [0.29, 0.717) is 5.92 Å². The molecule has 1 saturated heterocycles. The van der Waals surface area contributed by atoms with Crippen LogP contribution < -0.4 is 0 Å². The smallest absolute Gasteiger partial charge is 0.410 e. The molecule has 0 radical (unpaired) electrons. The van der Waals surface area contributed by atoms with Crippen LogP contribution in [-0.4, -0.2) is 29.7 Å². The molecule has 0 aromatic heterocycles. The van der Waals surface area contributed by atoms with Crippen LogP contribution in [-0.2, 0) is 11.2 Å². The highest BCUT2D eigenvalue weighted by Gasteiger charge is 2.28. The van der Waals surface area contributed by atoms with Gasteiger partial charge in [-0.2, -0.15) is 0 Å². The third-order valence-corrected chi connectivity index (χ3v) is 4.73. The number of benzene rings is 1. The van der Waals surface area contributed by atoms with Gasteiger partial charge in [-0.3, -0.25) is 0 Å². The SMILES string of the molecule is CC(CCc1ccccc1)C1CCN(C(=O)OC(C)(C)C)CC1. The molecule has 1 aliphatic heterocycles. The van der Waals surface area contributed by atoms with Crippen molar-refractivity contribution in [3.63, 3.8) is 0 Å². The van der Waals surface area contributed by atoms with E-state index in [-0.39, 0.29) is 6.09 Å². The van der Waals surface area contributed by atoms with Crippen molar-refractivity contribution in [1.29, 1.82) is 0 Å². The van der Waals surface area contributed by atoms with Crippen LogP contribution in [0.3, 0.4) is 0 Å². The van der Waals surface area contributed by atoms with Crippen LogP contribution in [0.15, 0.2) is 30.3 Å². The second kappa shape index (κ2) is 7.85. The van der Waals surface area contributed by atoms with Crippen LogP contribution in [0, 0.1) is 11.8 Å². The molecule has 1 aromatic rings. The van der Waals surface area contributed by atoms with Gasteiger partial charge in [-0.1, -0.05) is 37.3 Å². The molecule has 2 rings (SSSR count). The van der Waals surface area contributed by atoms with E-state index in [1.807, 2.05) is 25.7 Å². The molecule has 3 heteroatoms. The maximum atomic E-state index is 12.1. The third-order valence-electron chi connectivity index (χ3n) is 4.73. The zero-order valence-electron chi connectivity index (χ0n) is 15.0. The Morgan fingerprint density at radius 2 is 1.83 bits per heavy atom. The van der Waals surface area contributed by atoms with Gasteiger partial charge in [0.15, 0.2) is 0 Å². The van der Waals surface area contributed by atoms with Crippen LogP contribution in [0.25, 0.3) is 0 Å². The number of ether oxygens (including phenoxy) is 1. The van der Waals surface area contributed by atoms with Gasteiger partial charge in [-0.05, 0) is 63.9 Å². The largest absolute Gasteiger partial charge is 0.444 e. The van der Waals surface area contributed by atoms with E-state index >= 15 is 0 Å². The number of aryl methyl sites for hydroxylation is 1. The van der Waals surface area contributed by atoms with Crippen LogP contribution in [0.1, 0.15) is 52.5 Å². The summed E-state index contributed by atoms with van der Waals surface area (Å²) in [5.74, 6) is 1.42. The molecule has 1 aliphatic rings. The normalized spacial score (nSPS) is 17.8. The van der Waals surface area contributed by atoms with Crippen LogP contribution in [0.4, 0.5) is 4.79 Å². The second-order valence-electron chi connectivity index (χ2n) is 7.81. The summed E-state index contributed by atoms with van der Waals surface area (Å²) in [6, 6.07) is 10.7. The lowest BCUT2D eigenvalue weighted by molar-refractivity contribution is 0.0161. The molecule has 0 bridgehead atoms. The molecule has 0 N–H and O–H groups in total. The number of hydrogen-bond donors (Lipinski definition) is 0. The van der Waals surface area contributed by atoms with Gasteiger partial charge >= 0.3 is 6.09 Å². The average Bonchev–Trinajstić information content (AvgIpc) is 2.52. The minimum Gasteiger partial charge on any atom is -0.444 e. The average molecular weight is 317 g/mol. The van der Waals surface area contributed by atoms with Crippen LogP contribution in [0.2, 0.25) is 0 Å². The summed E-state index contributed by atoms with van der Waals surface area (Å²) in [6.45, 7) is 9.77. The highest BCUT2D eigenvalue weighted by molar-refractivity contribution is 5.68. The number of rotatable bonds is 4. The predicted molar refractivity (Wildman–Crippen MR) is 94.5 cm³/mol. The Kier molecular flexibility index (Phi) is 6.09. The summed E-state index contributed by atoms with van der Waals surface area (Å²) in [5.41, 5.74) is 1.02. The molecule has 0 aliphatic carbocycles. The highest BCUT2D eigenvalue weighted by atomic mass is 16.6. The van der Waals surface area contributed by atoms with E-state index in [1.54, 1.807) is 0 Å². The fourth-order valence-corrected chi connectivity index (χ4v) is 3.25. The molecule has 1 amide bonds. The number of nitrogens with zero attached hydrogens (tertiary/aromatic N) is 1. The molecule has 128 valence electrons. The van der Waals surface area contributed by atoms with Gasteiger partial charge in [0.25, 0.3) is 0 Å². The van der Waals surface area contributed by atoms with Crippen molar-refractivity contribution in [2.24, 2.45) is 11.8 Å². The molecule has 1 heterocycles. The summed E-state index contributed by atoms with van der Waals surface area (Å²) in [7, 11) is 0. The maximum Gasteiger partial charge on any atom is 0.410 e. The van der Waals surface area contributed by atoms with Gasteiger partial charge in [0, 0.05) is 13.1 Å². The summed E-state index contributed by atoms with van der Waals surface area (Å²) in [5, 5.41) is 0. The van der Waals surface area contributed by atoms with Crippen molar-refractivity contribution in [1.82, 2.24) is 4.90 Å². The third kappa shape index (κ3) is 5.89. The fourth-order valence-electron chi connectivity index (χ4n) is 3.25. The first-order valence-electron chi connectivity index (χ1n) is 8.87. The Bertz CT molecular complexity index is 484. The van der Waals surface area contributed by atoms with Crippen molar-refractivity contribution >= 4 is 6.09 Å². The van der Waals surface area contributed by atoms with Gasteiger partial charge in [0.2, 0.25) is 0 Å². The van der Waals surface area contributed by atoms with Crippen molar-refractivity contribution in [2.45, 2.75) is 59.0 Å².